The maximum absolute atomic E-state index is 5.97. The van der Waals surface area contributed by atoms with Crippen LogP contribution in [0.15, 0.2) is 30.5 Å². The number of nitrogens with zero attached hydrogens (tertiary/aromatic N) is 2. The molecule has 0 aliphatic rings. The Balaban J connectivity index is 2.37. The third-order valence-electron chi connectivity index (χ3n) is 2.43. The quantitative estimate of drug-likeness (QED) is 0.766. The zero-order valence-corrected chi connectivity index (χ0v) is 11.5. The summed E-state index contributed by atoms with van der Waals surface area (Å²) in [6.45, 7) is 4.19. The third-order valence-corrected chi connectivity index (χ3v) is 2.87. The Kier molecular flexibility index (Phi) is 4.04. The van der Waals surface area contributed by atoms with Gasteiger partial charge in [0.15, 0.2) is 0 Å². The summed E-state index contributed by atoms with van der Waals surface area (Å²) in [6.07, 6.45) is 1.42. The van der Waals surface area contributed by atoms with Crippen molar-refractivity contribution >= 4 is 23.2 Å². The van der Waals surface area contributed by atoms with E-state index in [1.54, 1.807) is 0 Å². The average molecular weight is 283 g/mol. The van der Waals surface area contributed by atoms with E-state index >= 15 is 0 Å². The molecule has 18 heavy (non-hydrogen) atoms. The van der Waals surface area contributed by atoms with E-state index in [0.29, 0.717) is 10.9 Å². The maximum atomic E-state index is 5.97. The highest BCUT2D eigenvalue weighted by Crippen LogP contribution is 2.32. The van der Waals surface area contributed by atoms with Gasteiger partial charge in [-0.15, -0.1) is 0 Å². The molecule has 0 fully saturated rings. The van der Waals surface area contributed by atoms with Crippen LogP contribution < -0.4 is 4.74 Å². The zero-order valence-electron chi connectivity index (χ0n) is 10.0. The second-order valence-corrected chi connectivity index (χ2v) is 4.83. The highest BCUT2D eigenvalue weighted by Gasteiger charge is 2.11. The topological polar surface area (TPSA) is 35.0 Å². The molecule has 0 atom stereocenters. The molecular formula is C13H12Cl2N2O. The van der Waals surface area contributed by atoms with Gasteiger partial charge >= 0.3 is 0 Å². The molecule has 1 heterocycles. The highest BCUT2D eigenvalue weighted by atomic mass is 35.5. The summed E-state index contributed by atoms with van der Waals surface area (Å²) < 4.78 is 5.71. The molecule has 1 aromatic carbocycles. The van der Waals surface area contributed by atoms with E-state index in [0.717, 1.165) is 11.3 Å². The van der Waals surface area contributed by atoms with E-state index in [9.17, 15) is 0 Å². The predicted molar refractivity (Wildman–Crippen MR) is 72.7 cm³/mol. The molecule has 0 aliphatic carbocycles. The monoisotopic (exact) mass is 282 g/mol. The zero-order chi connectivity index (χ0) is 13.1. The Hall–Kier alpha value is -1.32. The SMILES string of the molecule is CC(C)c1ccccc1Oc1nc(Cl)ncc1Cl. The smallest absolute Gasteiger partial charge is 0.242 e. The molecule has 3 nitrogen and oxygen atoms in total. The molecule has 0 spiro atoms. The van der Waals surface area contributed by atoms with Crippen LogP contribution in [0.25, 0.3) is 0 Å². The molecule has 1 aromatic heterocycles. The van der Waals surface area contributed by atoms with Gasteiger partial charge in [0.05, 0.1) is 6.20 Å². The lowest BCUT2D eigenvalue weighted by molar-refractivity contribution is 0.453. The number of benzene rings is 1. The molecule has 2 aromatic rings. The number of rotatable bonds is 3. The van der Waals surface area contributed by atoms with Gasteiger partial charge < -0.3 is 4.74 Å². The van der Waals surface area contributed by atoms with Gasteiger partial charge in [0.2, 0.25) is 11.2 Å². The summed E-state index contributed by atoms with van der Waals surface area (Å²) in [5.41, 5.74) is 1.09. The summed E-state index contributed by atoms with van der Waals surface area (Å²) in [4.78, 5) is 7.75. The first-order chi connectivity index (χ1) is 8.58. The molecule has 0 unspecified atom stereocenters. The molecule has 2 rings (SSSR count). The van der Waals surface area contributed by atoms with E-state index in [2.05, 4.69) is 23.8 Å². The Bertz CT molecular complexity index is 558. The molecule has 0 amide bonds. The second-order valence-electron chi connectivity index (χ2n) is 4.09. The number of para-hydroxylation sites is 1. The van der Waals surface area contributed by atoms with E-state index in [-0.39, 0.29) is 11.2 Å². The van der Waals surface area contributed by atoms with E-state index < -0.39 is 0 Å². The molecule has 5 heteroatoms. The minimum Gasteiger partial charge on any atom is -0.437 e. The number of aromatic nitrogens is 2. The minimum absolute atomic E-state index is 0.108. The van der Waals surface area contributed by atoms with Crippen molar-refractivity contribution in [3.8, 4) is 11.6 Å². The maximum Gasteiger partial charge on any atom is 0.242 e. The largest absolute Gasteiger partial charge is 0.437 e. The first kappa shape index (κ1) is 13.1. The fourth-order valence-electron chi connectivity index (χ4n) is 1.56. The first-order valence-electron chi connectivity index (χ1n) is 5.52. The van der Waals surface area contributed by atoms with Gasteiger partial charge in [-0.2, -0.15) is 4.98 Å². The van der Waals surface area contributed by atoms with E-state index in [4.69, 9.17) is 27.9 Å². The van der Waals surface area contributed by atoms with Crippen molar-refractivity contribution in [2.24, 2.45) is 0 Å². The summed E-state index contributed by atoms with van der Waals surface area (Å²) in [6, 6.07) is 7.76. The summed E-state index contributed by atoms with van der Waals surface area (Å²) in [5, 5.41) is 0.439. The van der Waals surface area contributed by atoms with Crippen molar-refractivity contribution in [1.82, 2.24) is 9.97 Å². The average Bonchev–Trinajstić information content (AvgIpc) is 2.34. The van der Waals surface area contributed by atoms with Crippen molar-refractivity contribution in [2.75, 3.05) is 0 Å². The molecule has 0 aliphatic heterocycles. The van der Waals surface area contributed by atoms with Crippen molar-refractivity contribution in [1.29, 1.82) is 0 Å². The van der Waals surface area contributed by atoms with Crippen LogP contribution in [0.4, 0.5) is 0 Å². The fourth-order valence-corrected chi connectivity index (χ4v) is 1.81. The lowest BCUT2D eigenvalue weighted by Gasteiger charge is -2.13. The van der Waals surface area contributed by atoms with Crippen LogP contribution in [0.3, 0.4) is 0 Å². The number of halogens is 2. The summed E-state index contributed by atoms with van der Waals surface area (Å²) in [7, 11) is 0. The molecule has 0 saturated carbocycles. The van der Waals surface area contributed by atoms with Crippen LogP contribution in [0.5, 0.6) is 11.6 Å². The van der Waals surface area contributed by atoms with Gasteiger partial charge in [-0.3, -0.25) is 0 Å². The lowest BCUT2D eigenvalue weighted by atomic mass is 10.0. The van der Waals surface area contributed by atoms with Crippen LogP contribution in [0, 0.1) is 0 Å². The number of hydrogen-bond acceptors (Lipinski definition) is 3. The molecule has 0 radical (unpaired) electrons. The Labute approximate surface area is 116 Å². The first-order valence-corrected chi connectivity index (χ1v) is 6.28. The fraction of sp³-hybridized carbons (Fsp3) is 0.231. The second kappa shape index (κ2) is 5.55. The van der Waals surface area contributed by atoms with Crippen molar-refractivity contribution < 1.29 is 4.74 Å². The van der Waals surface area contributed by atoms with E-state index in [1.165, 1.54) is 6.20 Å². The molecule has 0 N–H and O–H groups in total. The Morgan fingerprint density at radius 3 is 2.61 bits per heavy atom. The van der Waals surface area contributed by atoms with Gasteiger partial charge in [-0.25, -0.2) is 4.98 Å². The predicted octanol–water partition coefficient (Wildman–Crippen LogP) is 4.70. The molecule has 0 saturated heterocycles. The highest BCUT2D eigenvalue weighted by molar-refractivity contribution is 6.32. The van der Waals surface area contributed by atoms with Crippen LogP contribution in [0.2, 0.25) is 10.3 Å². The number of ether oxygens (including phenoxy) is 1. The van der Waals surface area contributed by atoms with Crippen molar-refractivity contribution in [3.63, 3.8) is 0 Å². The van der Waals surface area contributed by atoms with Gasteiger partial charge in [0, 0.05) is 0 Å². The summed E-state index contributed by atoms with van der Waals surface area (Å²) >= 11 is 11.7. The standard InChI is InChI=1S/C13H12Cl2N2O/c1-8(2)9-5-3-4-6-11(9)18-12-10(14)7-16-13(15)17-12/h3-8H,1-2H3. The van der Waals surface area contributed by atoms with Crippen molar-refractivity contribution in [3.05, 3.63) is 46.3 Å². The van der Waals surface area contributed by atoms with Crippen LogP contribution in [-0.4, -0.2) is 9.97 Å². The van der Waals surface area contributed by atoms with Gasteiger partial charge in [-0.05, 0) is 29.1 Å². The van der Waals surface area contributed by atoms with Crippen molar-refractivity contribution in [2.45, 2.75) is 19.8 Å². The number of hydrogen-bond donors (Lipinski definition) is 0. The molecular weight excluding hydrogens is 271 g/mol. The Morgan fingerprint density at radius 1 is 1.17 bits per heavy atom. The molecule has 0 bridgehead atoms. The van der Waals surface area contributed by atoms with Gasteiger partial charge in [0.25, 0.3) is 0 Å². The van der Waals surface area contributed by atoms with Crippen LogP contribution >= 0.6 is 23.2 Å². The minimum atomic E-state index is 0.108. The molecule has 94 valence electrons. The summed E-state index contributed by atoms with van der Waals surface area (Å²) in [5.74, 6) is 1.34. The van der Waals surface area contributed by atoms with Gasteiger partial charge in [-0.1, -0.05) is 43.6 Å². The van der Waals surface area contributed by atoms with Crippen LogP contribution in [0.1, 0.15) is 25.3 Å². The third kappa shape index (κ3) is 2.92. The normalized spacial score (nSPS) is 10.7. The van der Waals surface area contributed by atoms with E-state index in [1.807, 2.05) is 24.3 Å². The lowest BCUT2D eigenvalue weighted by Crippen LogP contribution is -1.96. The van der Waals surface area contributed by atoms with Crippen LogP contribution in [-0.2, 0) is 0 Å². The van der Waals surface area contributed by atoms with Gasteiger partial charge in [0.1, 0.15) is 10.8 Å². The Morgan fingerprint density at radius 2 is 1.89 bits per heavy atom.